The van der Waals surface area contributed by atoms with Crippen LogP contribution in [0.25, 0.3) is 0 Å². The van der Waals surface area contributed by atoms with Crippen LogP contribution >= 0.6 is 0 Å². The van der Waals surface area contributed by atoms with Gasteiger partial charge in [0.1, 0.15) is 11.8 Å². The number of hydrogen-bond acceptors (Lipinski definition) is 3. The third-order valence-electron chi connectivity index (χ3n) is 3.04. The average molecular weight is 243 g/mol. The molecule has 0 fully saturated rings. The Morgan fingerprint density at radius 1 is 1.28 bits per heavy atom. The second-order valence-corrected chi connectivity index (χ2v) is 4.28. The quantitative estimate of drug-likeness (QED) is 0.451. The number of ether oxygens (including phenoxy) is 1. The summed E-state index contributed by atoms with van der Waals surface area (Å²) in [5, 5.41) is 0. The Morgan fingerprint density at radius 3 is 2.61 bits per heavy atom. The van der Waals surface area contributed by atoms with Gasteiger partial charge in [-0.15, -0.1) is 13.2 Å². The minimum Gasteiger partial charge on any atom is -0.425 e. The fourth-order valence-electron chi connectivity index (χ4n) is 2.18. The van der Waals surface area contributed by atoms with Crippen molar-refractivity contribution in [1.82, 2.24) is 4.90 Å². The molecule has 0 spiro atoms. The molecule has 2 rings (SSSR count). The van der Waals surface area contributed by atoms with Crippen molar-refractivity contribution in [2.24, 2.45) is 0 Å². The van der Waals surface area contributed by atoms with Gasteiger partial charge < -0.3 is 4.74 Å². The van der Waals surface area contributed by atoms with Gasteiger partial charge >= 0.3 is 5.97 Å². The molecule has 1 aliphatic rings. The highest BCUT2D eigenvalue weighted by Gasteiger charge is 2.31. The van der Waals surface area contributed by atoms with Gasteiger partial charge in [-0.1, -0.05) is 30.4 Å². The molecule has 0 aliphatic carbocycles. The summed E-state index contributed by atoms with van der Waals surface area (Å²) < 4.78 is 5.37. The van der Waals surface area contributed by atoms with E-state index < -0.39 is 0 Å². The normalized spacial score (nSPS) is 18.1. The maximum absolute atomic E-state index is 12.0. The van der Waals surface area contributed by atoms with Crippen LogP contribution in [-0.4, -0.2) is 30.0 Å². The number of hydrogen-bond donors (Lipinski definition) is 0. The zero-order chi connectivity index (χ0) is 13.0. The van der Waals surface area contributed by atoms with Gasteiger partial charge in [0, 0.05) is 19.5 Å². The molecule has 0 N–H and O–H groups in total. The topological polar surface area (TPSA) is 29.5 Å². The predicted molar refractivity (Wildman–Crippen MR) is 71.5 cm³/mol. The van der Waals surface area contributed by atoms with E-state index in [1.807, 2.05) is 29.2 Å². The van der Waals surface area contributed by atoms with Crippen molar-refractivity contribution >= 4 is 5.97 Å². The summed E-state index contributed by atoms with van der Waals surface area (Å²) in [7, 11) is 0. The Morgan fingerprint density at radius 2 is 1.94 bits per heavy atom. The lowest BCUT2D eigenvalue weighted by atomic mass is 10.0. The largest absolute Gasteiger partial charge is 0.425 e. The van der Waals surface area contributed by atoms with E-state index in [9.17, 15) is 4.79 Å². The summed E-state index contributed by atoms with van der Waals surface area (Å²) in [6.07, 6.45) is 4.26. The van der Waals surface area contributed by atoms with E-state index >= 15 is 0 Å². The lowest BCUT2D eigenvalue weighted by Gasteiger charge is -2.31. The second kappa shape index (κ2) is 5.65. The van der Waals surface area contributed by atoms with E-state index in [4.69, 9.17) is 4.74 Å². The molecule has 1 aromatic carbocycles. The van der Waals surface area contributed by atoms with Gasteiger partial charge in [-0.25, -0.2) is 4.79 Å². The number of carbonyl (C=O) groups excluding carboxylic acids is 1. The van der Waals surface area contributed by atoms with Crippen LogP contribution in [0, 0.1) is 0 Å². The lowest BCUT2D eigenvalue weighted by molar-refractivity contribution is -0.141. The van der Waals surface area contributed by atoms with Crippen LogP contribution < -0.4 is 4.74 Å². The van der Waals surface area contributed by atoms with Crippen LogP contribution in [0.4, 0.5) is 0 Å². The van der Waals surface area contributed by atoms with Crippen molar-refractivity contribution in [2.75, 3.05) is 13.1 Å². The van der Waals surface area contributed by atoms with Gasteiger partial charge in [-0.2, -0.15) is 0 Å². The Bertz CT molecular complexity index is 457. The zero-order valence-corrected chi connectivity index (χ0v) is 10.3. The first-order valence-corrected chi connectivity index (χ1v) is 6.01. The number of para-hydroxylation sites is 1. The van der Waals surface area contributed by atoms with Crippen LogP contribution in [0.1, 0.15) is 5.56 Å². The van der Waals surface area contributed by atoms with E-state index in [1.165, 1.54) is 0 Å². The molecule has 0 radical (unpaired) electrons. The zero-order valence-electron chi connectivity index (χ0n) is 10.3. The number of esters is 1. The van der Waals surface area contributed by atoms with Crippen LogP contribution in [0.2, 0.25) is 0 Å². The Kier molecular flexibility index (Phi) is 3.95. The number of rotatable bonds is 5. The summed E-state index contributed by atoms with van der Waals surface area (Å²) in [5.41, 5.74) is 1.07. The van der Waals surface area contributed by atoms with E-state index in [-0.39, 0.29) is 12.0 Å². The standard InChI is InChI=1S/C15H17NO2/c1-3-9-16(10-4-2)13-11-12-7-5-6-8-14(12)18-15(13)17/h3-8,13H,1-2,9-11H2. The van der Waals surface area contributed by atoms with E-state index in [1.54, 1.807) is 12.2 Å². The highest BCUT2D eigenvalue weighted by molar-refractivity contribution is 5.81. The molecule has 0 amide bonds. The van der Waals surface area contributed by atoms with Crippen LogP contribution in [0.3, 0.4) is 0 Å². The summed E-state index contributed by atoms with van der Waals surface area (Å²) in [5.74, 6) is 0.480. The third kappa shape index (κ3) is 2.51. The summed E-state index contributed by atoms with van der Waals surface area (Å²) in [4.78, 5) is 14.0. The van der Waals surface area contributed by atoms with Gasteiger partial charge in [-0.3, -0.25) is 4.90 Å². The molecule has 18 heavy (non-hydrogen) atoms. The molecular weight excluding hydrogens is 226 g/mol. The minimum absolute atomic E-state index is 0.197. The van der Waals surface area contributed by atoms with Crippen molar-refractivity contribution in [2.45, 2.75) is 12.5 Å². The maximum atomic E-state index is 12.0. The molecule has 94 valence electrons. The third-order valence-corrected chi connectivity index (χ3v) is 3.04. The summed E-state index contributed by atoms with van der Waals surface area (Å²) >= 11 is 0. The summed E-state index contributed by atoms with van der Waals surface area (Å²) in [6.45, 7) is 8.73. The van der Waals surface area contributed by atoms with Gasteiger partial charge in [0.25, 0.3) is 0 Å². The Hall–Kier alpha value is -1.87. The van der Waals surface area contributed by atoms with Crippen LogP contribution in [0.5, 0.6) is 5.75 Å². The fraction of sp³-hybridized carbons (Fsp3) is 0.267. The molecule has 0 bridgehead atoms. The van der Waals surface area contributed by atoms with Crippen molar-refractivity contribution in [3.8, 4) is 5.75 Å². The fourth-order valence-corrected chi connectivity index (χ4v) is 2.18. The van der Waals surface area contributed by atoms with Gasteiger partial charge in [-0.05, 0) is 11.6 Å². The maximum Gasteiger partial charge on any atom is 0.329 e. The van der Waals surface area contributed by atoms with Crippen molar-refractivity contribution in [1.29, 1.82) is 0 Å². The molecule has 3 heteroatoms. The number of nitrogens with zero attached hydrogens (tertiary/aromatic N) is 1. The first-order chi connectivity index (χ1) is 8.76. The number of carbonyl (C=O) groups is 1. The van der Waals surface area contributed by atoms with Gasteiger partial charge in [0.05, 0.1) is 0 Å². The highest BCUT2D eigenvalue weighted by Crippen LogP contribution is 2.26. The molecule has 1 unspecified atom stereocenters. The van der Waals surface area contributed by atoms with Crippen LogP contribution in [-0.2, 0) is 11.2 Å². The number of benzene rings is 1. The minimum atomic E-state index is -0.254. The Balaban J connectivity index is 2.21. The average Bonchev–Trinajstić information content (AvgIpc) is 2.38. The molecule has 3 nitrogen and oxygen atoms in total. The lowest BCUT2D eigenvalue weighted by Crippen LogP contribution is -2.47. The molecule has 1 aromatic rings. The smallest absolute Gasteiger partial charge is 0.329 e. The highest BCUT2D eigenvalue weighted by atomic mass is 16.5. The first-order valence-electron chi connectivity index (χ1n) is 6.01. The summed E-state index contributed by atoms with van der Waals surface area (Å²) in [6, 6.07) is 7.40. The molecule has 0 saturated heterocycles. The van der Waals surface area contributed by atoms with E-state index in [0.29, 0.717) is 25.3 Å². The van der Waals surface area contributed by atoms with Crippen LogP contribution in [0.15, 0.2) is 49.6 Å². The van der Waals surface area contributed by atoms with Crippen molar-refractivity contribution in [3.63, 3.8) is 0 Å². The monoisotopic (exact) mass is 243 g/mol. The molecular formula is C15H17NO2. The van der Waals surface area contributed by atoms with E-state index in [0.717, 1.165) is 5.56 Å². The molecule has 1 heterocycles. The predicted octanol–water partition coefficient (Wildman–Crippen LogP) is 2.19. The molecule has 0 saturated carbocycles. The molecule has 1 aliphatic heterocycles. The van der Waals surface area contributed by atoms with Crippen molar-refractivity contribution in [3.05, 3.63) is 55.1 Å². The van der Waals surface area contributed by atoms with Gasteiger partial charge in [0.15, 0.2) is 0 Å². The van der Waals surface area contributed by atoms with Gasteiger partial charge in [0.2, 0.25) is 0 Å². The molecule has 0 aromatic heterocycles. The SMILES string of the molecule is C=CCN(CC=C)C1Cc2ccccc2OC1=O. The molecule has 1 atom stereocenters. The number of fused-ring (bicyclic) bond motifs is 1. The first kappa shape index (κ1) is 12.6. The second-order valence-electron chi connectivity index (χ2n) is 4.28. The van der Waals surface area contributed by atoms with Crippen molar-refractivity contribution < 1.29 is 9.53 Å². The Labute approximate surface area is 107 Å². The van der Waals surface area contributed by atoms with E-state index in [2.05, 4.69) is 13.2 Å².